The van der Waals surface area contributed by atoms with Crippen molar-refractivity contribution >= 4 is 11.1 Å². The molecule has 0 aliphatic carbocycles. The topological polar surface area (TPSA) is 59.4 Å². The van der Waals surface area contributed by atoms with Gasteiger partial charge in [-0.05, 0) is 31.2 Å². The van der Waals surface area contributed by atoms with Gasteiger partial charge in [0.05, 0.1) is 12.7 Å². The van der Waals surface area contributed by atoms with Crippen molar-refractivity contribution < 1.29 is 19.2 Å². The lowest BCUT2D eigenvalue weighted by Crippen LogP contribution is -2.33. The number of aryl methyl sites for hydroxylation is 1. The van der Waals surface area contributed by atoms with E-state index in [1.54, 1.807) is 26.2 Å². The first-order chi connectivity index (χ1) is 9.20. The van der Waals surface area contributed by atoms with Crippen LogP contribution in [0.25, 0.3) is 22.4 Å². The molecule has 5 nitrogen and oxygen atoms in total. The highest BCUT2D eigenvalue weighted by Gasteiger charge is 2.23. The van der Waals surface area contributed by atoms with E-state index >= 15 is 0 Å². The summed E-state index contributed by atoms with van der Waals surface area (Å²) in [6.07, 6.45) is 0. The summed E-state index contributed by atoms with van der Waals surface area (Å²) in [5.41, 5.74) is 3.26. The number of benzene rings is 1. The van der Waals surface area contributed by atoms with Gasteiger partial charge in [-0.1, -0.05) is 11.2 Å². The van der Waals surface area contributed by atoms with Gasteiger partial charge < -0.3 is 9.26 Å². The summed E-state index contributed by atoms with van der Waals surface area (Å²) in [5.74, 6) is 0.736. The fourth-order valence-corrected chi connectivity index (χ4v) is 2.10. The Kier molecular flexibility index (Phi) is 2.59. The van der Waals surface area contributed by atoms with E-state index in [0.717, 1.165) is 16.0 Å². The van der Waals surface area contributed by atoms with Crippen molar-refractivity contribution in [2.24, 2.45) is 0 Å². The summed E-state index contributed by atoms with van der Waals surface area (Å²) in [5, 5.41) is 14.2. The number of hydrogen-bond donors (Lipinski definition) is 1. The molecule has 0 unspecified atom stereocenters. The highest BCUT2D eigenvalue weighted by molar-refractivity contribution is 5.73. The van der Waals surface area contributed by atoms with Gasteiger partial charge >= 0.3 is 5.52 Å². The van der Waals surface area contributed by atoms with Gasteiger partial charge in [0, 0.05) is 10.8 Å². The predicted molar refractivity (Wildman–Crippen MR) is 68.1 cm³/mol. The number of aromatic nitrogens is 2. The van der Waals surface area contributed by atoms with Crippen molar-refractivity contribution in [3.8, 4) is 17.0 Å². The van der Waals surface area contributed by atoms with E-state index < -0.39 is 0 Å². The maximum absolute atomic E-state index is 10.3. The lowest BCUT2D eigenvalue weighted by atomic mass is 10.1. The van der Waals surface area contributed by atoms with Crippen molar-refractivity contribution in [3.63, 3.8) is 0 Å². The minimum atomic E-state index is 0.548. The first-order valence-electron chi connectivity index (χ1n) is 5.85. The molecular formula is C14H13N2O3+. The van der Waals surface area contributed by atoms with Crippen LogP contribution in [0.3, 0.4) is 0 Å². The highest BCUT2D eigenvalue weighted by Crippen LogP contribution is 2.23. The summed E-state index contributed by atoms with van der Waals surface area (Å²) in [6, 6.07) is 11.1. The molecule has 1 N–H and O–H groups in total. The largest absolute Gasteiger partial charge is 0.497 e. The van der Waals surface area contributed by atoms with Gasteiger partial charge in [0.25, 0.3) is 5.69 Å². The molecule has 0 fully saturated rings. The smallest absolute Gasteiger partial charge is 0.327 e. The molecule has 1 aromatic carbocycles. The molecule has 0 saturated heterocycles. The quantitative estimate of drug-likeness (QED) is 0.565. The third kappa shape index (κ3) is 1.79. The van der Waals surface area contributed by atoms with Crippen molar-refractivity contribution in [1.29, 1.82) is 0 Å². The normalized spacial score (nSPS) is 10.8. The Bertz CT molecular complexity index is 750. The maximum Gasteiger partial charge on any atom is 0.327 e. The lowest BCUT2D eigenvalue weighted by Gasteiger charge is -2.01. The number of ether oxygens (including phenoxy) is 1. The second kappa shape index (κ2) is 4.28. The Morgan fingerprint density at radius 2 is 2.11 bits per heavy atom. The van der Waals surface area contributed by atoms with Crippen LogP contribution in [-0.4, -0.2) is 17.5 Å². The standard InChI is InChI=1S/C14H13N2O3/c1-9-14-13(19-15-9)7-6-12(16(14)17)10-4-3-5-11(8-10)18-2/h3-8,17H,1-2H3/q+1. The molecule has 0 aliphatic heterocycles. The average Bonchev–Trinajstić information content (AvgIpc) is 2.82. The minimum Gasteiger partial charge on any atom is -0.497 e. The van der Waals surface area contributed by atoms with Gasteiger partial charge in [0.15, 0.2) is 5.69 Å². The van der Waals surface area contributed by atoms with Crippen LogP contribution in [0.15, 0.2) is 40.9 Å². The van der Waals surface area contributed by atoms with Crippen molar-refractivity contribution in [2.75, 3.05) is 7.11 Å². The van der Waals surface area contributed by atoms with E-state index in [4.69, 9.17) is 9.26 Å². The van der Waals surface area contributed by atoms with Crippen LogP contribution in [0.5, 0.6) is 5.75 Å². The zero-order chi connectivity index (χ0) is 13.4. The summed E-state index contributed by atoms with van der Waals surface area (Å²) >= 11 is 0. The average molecular weight is 257 g/mol. The molecule has 3 rings (SSSR count). The van der Waals surface area contributed by atoms with Crippen LogP contribution >= 0.6 is 0 Å². The highest BCUT2D eigenvalue weighted by atomic mass is 16.5. The monoisotopic (exact) mass is 257 g/mol. The molecule has 0 aliphatic rings. The summed E-state index contributed by atoms with van der Waals surface area (Å²) < 4.78 is 11.4. The van der Waals surface area contributed by atoms with E-state index in [9.17, 15) is 5.21 Å². The van der Waals surface area contributed by atoms with Crippen molar-refractivity contribution in [2.45, 2.75) is 6.92 Å². The fraction of sp³-hybridized carbons (Fsp3) is 0.143. The van der Waals surface area contributed by atoms with Crippen LogP contribution in [0, 0.1) is 6.92 Å². The van der Waals surface area contributed by atoms with E-state index in [0.29, 0.717) is 22.5 Å². The Morgan fingerprint density at radius 3 is 2.89 bits per heavy atom. The number of nitrogens with zero attached hydrogens (tertiary/aromatic N) is 2. The first-order valence-corrected chi connectivity index (χ1v) is 5.85. The lowest BCUT2D eigenvalue weighted by molar-refractivity contribution is -0.876. The van der Waals surface area contributed by atoms with Gasteiger partial charge in [-0.3, -0.25) is 5.21 Å². The van der Waals surface area contributed by atoms with E-state index in [1.807, 2.05) is 24.3 Å². The molecule has 2 heterocycles. The van der Waals surface area contributed by atoms with Crippen molar-refractivity contribution in [3.05, 3.63) is 42.1 Å². The number of rotatable bonds is 2. The second-order valence-corrected chi connectivity index (χ2v) is 4.24. The SMILES string of the molecule is COc1cccc(-c2ccc3onc(C)c3[n+]2O)c1. The van der Waals surface area contributed by atoms with Crippen molar-refractivity contribution in [1.82, 2.24) is 5.16 Å². The molecule has 3 aromatic rings. The molecule has 19 heavy (non-hydrogen) atoms. The third-order valence-electron chi connectivity index (χ3n) is 3.06. The summed E-state index contributed by atoms with van der Waals surface area (Å²) in [7, 11) is 1.61. The molecular weight excluding hydrogens is 244 g/mol. The molecule has 0 radical (unpaired) electrons. The number of fused-ring (bicyclic) bond motifs is 1. The van der Waals surface area contributed by atoms with E-state index in [-0.39, 0.29) is 0 Å². The number of methoxy groups -OCH3 is 1. The first kappa shape index (κ1) is 11.5. The van der Waals surface area contributed by atoms with Gasteiger partial charge in [-0.25, -0.2) is 0 Å². The van der Waals surface area contributed by atoms with E-state index in [2.05, 4.69) is 5.16 Å². The molecule has 0 saturated carbocycles. The van der Waals surface area contributed by atoms with Gasteiger partial charge in [-0.2, -0.15) is 0 Å². The Hall–Kier alpha value is -2.56. The van der Waals surface area contributed by atoms with Crippen LogP contribution in [0.2, 0.25) is 0 Å². The fourth-order valence-electron chi connectivity index (χ4n) is 2.10. The van der Waals surface area contributed by atoms with Gasteiger partial charge in [-0.15, -0.1) is 0 Å². The van der Waals surface area contributed by atoms with Crippen LogP contribution in [0.1, 0.15) is 5.69 Å². The second-order valence-electron chi connectivity index (χ2n) is 4.24. The Morgan fingerprint density at radius 1 is 1.26 bits per heavy atom. The van der Waals surface area contributed by atoms with E-state index in [1.165, 1.54) is 0 Å². The molecule has 0 atom stereocenters. The zero-order valence-electron chi connectivity index (χ0n) is 10.6. The Balaban J connectivity index is 2.24. The summed E-state index contributed by atoms with van der Waals surface area (Å²) in [4.78, 5) is 0. The van der Waals surface area contributed by atoms with Crippen LogP contribution < -0.4 is 9.47 Å². The minimum absolute atomic E-state index is 0.548. The third-order valence-corrected chi connectivity index (χ3v) is 3.06. The Labute approximate surface area is 109 Å². The maximum atomic E-state index is 10.3. The molecule has 0 bridgehead atoms. The van der Waals surface area contributed by atoms with Gasteiger partial charge in [0.1, 0.15) is 5.75 Å². The molecule has 2 aromatic heterocycles. The number of pyridine rings is 1. The summed E-state index contributed by atoms with van der Waals surface area (Å²) in [6.45, 7) is 1.79. The van der Waals surface area contributed by atoms with Gasteiger partial charge in [0.2, 0.25) is 5.58 Å². The zero-order valence-corrected chi connectivity index (χ0v) is 10.6. The molecule has 0 amide bonds. The van der Waals surface area contributed by atoms with Crippen LogP contribution in [0.4, 0.5) is 0 Å². The van der Waals surface area contributed by atoms with Crippen LogP contribution in [-0.2, 0) is 0 Å². The molecule has 5 heteroatoms. The number of hydrogen-bond acceptors (Lipinski definition) is 4. The molecule has 0 spiro atoms. The molecule has 96 valence electrons. The predicted octanol–water partition coefficient (Wildman–Crippen LogP) is 2.34.